The number of hydrogen-bond acceptors (Lipinski definition) is 5. The lowest BCUT2D eigenvalue weighted by atomic mass is 9.87. The van der Waals surface area contributed by atoms with Gasteiger partial charge in [-0.15, -0.1) is 0 Å². The predicted octanol–water partition coefficient (Wildman–Crippen LogP) is 7.76. The van der Waals surface area contributed by atoms with Gasteiger partial charge in [0.15, 0.2) is 0 Å². The molecule has 3 aromatic carbocycles. The minimum absolute atomic E-state index is 0.224. The molecule has 1 aliphatic heterocycles. The van der Waals surface area contributed by atoms with Crippen LogP contribution in [0.3, 0.4) is 0 Å². The summed E-state index contributed by atoms with van der Waals surface area (Å²) in [5.41, 5.74) is 8.02. The molecule has 0 amide bonds. The molecule has 0 atom stereocenters. The number of aliphatic hydroxyl groups is 1. The normalized spacial score (nSPS) is 14.0. The number of hydrogen-bond donors (Lipinski definition) is 3. The molecule has 5 aromatic rings. The largest absolute Gasteiger partial charge is 0.393 e. The van der Waals surface area contributed by atoms with Crippen LogP contribution in [0.1, 0.15) is 60.4 Å². The Labute approximate surface area is 257 Å². The lowest BCUT2D eigenvalue weighted by Gasteiger charge is -2.31. The number of nitrogens with one attached hydrogen (secondary N) is 2. The second-order valence-electron chi connectivity index (χ2n) is 12.3. The van der Waals surface area contributed by atoms with Gasteiger partial charge in [0.05, 0.1) is 29.1 Å². The van der Waals surface area contributed by atoms with Gasteiger partial charge in [0.25, 0.3) is 5.56 Å². The molecule has 0 saturated carbocycles. The lowest BCUT2D eigenvalue weighted by molar-refractivity contribution is 0.145. The minimum atomic E-state index is -0.306. The van der Waals surface area contributed by atoms with E-state index in [1.165, 1.54) is 11.1 Å². The molecule has 1 fully saturated rings. The molecule has 0 bridgehead atoms. The Morgan fingerprint density at radius 1 is 1.00 bits per heavy atom. The highest BCUT2D eigenvalue weighted by atomic mass is 19.1. The number of aliphatic hydroxyl groups excluding tert-OH is 1. The second-order valence-corrected chi connectivity index (χ2v) is 12.3. The third kappa shape index (κ3) is 5.97. The van der Waals surface area contributed by atoms with Crippen molar-refractivity contribution >= 4 is 28.0 Å². The first-order chi connectivity index (χ1) is 21.2. The number of fused-ring (bicyclic) bond motifs is 1. The molecule has 0 radical (unpaired) electrons. The molecule has 2 aromatic heterocycles. The van der Waals surface area contributed by atoms with Crippen LogP contribution in [0.5, 0.6) is 0 Å². The summed E-state index contributed by atoms with van der Waals surface area (Å²) in [6.45, 7) is 9.94. The molecule has 0 unspecified atom stereocenters. The van der Waals surface area contributed by atoms with Crippen molar-refractivity contribution in [3.05, 3.63) is 117 Å². The zero-order chi connectivity index (χ0) is 31.0. The summed E-state index contributed by atoms with van der Waals surface area (Å²) in [5, 5.41) is 14.5. The summed E-state index contributed by atoms with van der Waals surface area (Å²) in [6, 6.07) is 19.4. The first-order valence-corrected chi connectivity index (χ1v) is 15.4. The summed E-state index contributed by atoms with van der Waals surface area (Å²) < 4.78 is 15.7. The summed E-state index contributed by atoms with van der Waals surface area (Å²) in [6.07, 6.45) is 5.24. The van der Waals surface area contributed by atoms with E-state index >= 15 is 4.39 Å². The third-order valence-electron chi connectivity index (χ3n) is 8.91. The molecule has 6 nitrogen and oxygen atoms in total. The summed E-state index contributed by atoms with van der Waals surface area (Å²) >= 11 is 0. The average Bonchev–Trinajstić information content (AvgIpc) is 3.01. The van der Waals surface area contributed by atoms with Crippen LogP contribution in [-0.4, -0.2) is 34.3 Å². The fourth-order valence-electron chi connectivity index (χ4n) is 6.11. The molecule has 3 heterocycles. The van der Waals surface area contributed by atoms with E-state index in [2.05, 4.69) is 66.1 Å². The van der Waals surface area contributed by atoms with Gasteiger partial charge in [-0.1, -0.05) is 38.1 Å². The molecular formula is C37H39FN4O2. The zero-order valence-corrected chi connectivity index (χ0v) is 25.7. The van der Waals surface area contributed by atoms with E-state index in [-0.39, 0.29) is 23.4 Å². The number of benzene rings is 3. The number of aromatic amines is 1. The lowest BCUT2D eigenvalue weighted by Crippen LogP contribution is -2.35. The number of aryl methyl sites for hydroxylation is 2. The third-order valence-corrected chi connectivity index (χ3v) is 8.91. The van der Waals surface area contributed by atoms with Crippen LogP contribution in [0.25, 0.3) is 21.9 Å². The van der Waals surface area contributed by atoms with Gasteiger partial charge in [-0.3, -0.25) is 4.79 Å². The number of aromatic nitrogens is 2. The number of H-pyrrole nitrogens is 1. The van der Waals surface area contributed by atoms with E-state index in [9.17, 15) is 9.90 Å². The van der Waals surface area contributed by atoms with Gasteiger partial charge in [0.1, 0.15) is 11.6 Å². The van der Waals surface area contributed by atoms with E-state index in [1.54, 1.807) is 12.3 Å². The van der Waals surface area contributed by atoms with Gasteiger partial charge in [-0.25, -0.2) is 9.37 Å². The molecule has 6 rings (SSSR count). The van der Waals surface area contributed by atoms with Crippen LogP contribution in [0.2, 0.25) is 0 Å². The van der Waals surface area contributed by atoms with E-state index in [0.29, 0.717) is 28.9 Å². The molecule has 0 spiro atoms. The van der Waals surface area contributed by atoms with Crippen LogP contribution in [0.15, 0.2) is 77.9 Å². The Hall–Kier alpha value is -4.49. The highest BCUT2D eigenvalue weighted by molar-refractivity contribution is 6.01. The van der Waals surface area contributed by atoms with Gasteiger partial charge in [0.2, 0.25) is 0 Å². The van der Waals surface area contributed by atoms with Gasteiger partial charge in [0, 0.05) is 24.8 Å². The van der Waals surface area contributed by atoms with Crippen molar-refractivity contribution < 1.29 is 9.50 Å². The van der Waals surface area contributed by atoms with E-state index in [0.717, 1.165) is 59.3 Å². The highest BCUT2D eigenvalue weighted by Gasteiger charge is 2.21. The zero-order valence-electron chi connectivity index (χ0n) is 25.7. The SMILES string of the molecule is Cc1ccc(Cc2c(-c3cc(C(C)C)ccc3F)cc(Nc3ccc(N4CCC(O)CC4)cn3)c3c(=O)[nH]ccc23)cc1C. The Bertz CT molecular complexity index is 1870. The summed E-state index contributed by atoms with van der Waals surface area (Å²) in [7, 11) is 0. The molecule has 0 aliphatic carbocycles. The van der Waals surface area contributed by atoms with Crippen LogP contribution in [0.4, 0.5) is 21.6 Å². The van der Waals surface area contributed by atoms with E-state index in [4.69, 9.17) is 0 Å². The molecule has 1 aliphatic rings. The fourth-order valence-corrected chi connectivity index (χ4v) is 6.11. The highest BCUT2D eigenvalue weighted by Crippen LogP contribution is 2.39. The minimum Gasteiger partial charge on any atom is -0.393 e. The van der Waals surface area contributed by atoms with Crippen molar-refractivity contribution in [2.45, 2.75) is 59.0 Å². The molecule has 7 heteroatoms. The number of nitrogens with zero attached hydrogens (tertiary/aromatic N) is 2. The second kappa shape index (κ2) is 12.2. The van der Waals surface area contributed by atoms with Gasteiger partial charge >= 0.3 is 0 Å². The van der Waals surface area contributed by atoms with Gasteiger partial charge in [-0.2, -0.15) is 0 Å². The van der Waals surface area contributed by atoms with Crippen molar-refractivity contribution in [2.75, 3.05) is 23.3 Å². The predicted molar refractivity (Wildman–Crippen MR) is 178 cm³/mol. The Morgan fingerprint density at radius 3 is 2.50 bits per heavy atom. The monoisotopic (exact) mass is 590 g/mol. The quantitative estimate of drug-likeness (QED) is 0.180. The topological polar surface area (TPSA) is 81.2 Å². The Balaban J connectivity index is 1.49. The Kier molecular flexibility index (Phi) is 8.23. The van der Waals surface area contributed by atoms with E-state index < -0.39 is 0 Å². The first-order valence-electron chi connectivity index (χ1n) is 15.4. The van der Waals surface area contributed by atoms with Crippen molar-refractivity contribution in [3.63, 3.8) is 0 Å². The number of halogens is 1. The Morgan fingerprint density at radius 2 is 1.80 bits per heavy atom. The fraction of sp³-hybridized carbons (Fsp3) is 0.297. The number of piperidine rings is 1. The van der Waals surface area contributed by atoms with Crippen molar-refractivity contribution in [1.82, 2.24) is 9.97 Å². The van der Waals surface area contributed by atoms with Crippen LogP contribution < -0.4 is 15.8 Å². The molecular weight excluding hydrogens is 551 g/mol. The first kappa shape index (κ1) is 29.6. The van der Waals surface area contributed by atoms with Crippen LogP contribution in [-0.2, 0) is 6.42 Å². The molecule has 3 N–H and O–H groups in total. The average molecular weight is 591 g/mol. The maximum Gasteiger partial charge on any atom is 0.257 e. The number of pyridine rings is 2. The number of anilines is 3. The van der Waals surface area contributed by atoms with E-state index in [1.807, 2.05) is 42.6 Å². The maximum absolute atomic E-state index is 15.7. The smallest absolute Gasteiger partial charge is 0.257 e. The van der Waals surface area contributed by atoms with Gasteiger partial charge < -0.3 is 20.3 Å². The van der Waals surface area contributed by atoms with Crippen molar-refractivity contribution in [1.29, 1.82) is 0 Å². The number of rotatable bonds is 7. The molecule has 226 valence electrons. The summed E-state index contributed by atoms with van der Waals surface area (Å²) in [4.78, 5) is 23.1. The molecule has 44 heavy (non-hydrogen) atoms. The van der Waals surface area contributed by atoms with Crippen LogP contribution in [0, 0.1) is 19.7 Å². The van der Waals surface area contributed by atoms with Crippen molar-refractivity contribution in [3.8, 4) is 11.1 Å². The summed E-state index contributed by atoms with van der Waals surface area (Å²) in [5.74, 6) is 0.504. The van der Waals surface area contributed by atoms with Crippen molar-refractivity contribution in [2.24, 2.45) is 0 Å². The van der Waals surface area contributed by atoms with Gasteiger partial charge in [-0.05, 0) is 114 Å². The maximum atomic E-state index is 15.7. The standard InChI is InChI=1S/C37H39FN4O2/c1-22(2)26-7-9-33(38)32(19-26)31-20-34(41-35-10-8-27(21-40-35)42-15-12-28(43)13-16-42)36-29(11-14-39-37(36)44)30(31)18-25-6-5-23(3)24(4)17-25/h5-11,14,17,19-22,28,43H,12-13,15-16,18H2,1-4H3,(H,39,44)(H,40,41). The molecule has 1 saturated heterocycles. The van der Waals surface area contributed by atoms with Crippen LogP contribution >= 0.6 is 0 Å².